The maximum absolute atomic E-state index is 11.2. The Bertz CT molecular complexity index is 218. The Kier molecular flexibility index (Phi) is 1.65. The molecule has 2 unspecified atom stereocenters. The monoisotopic (exact) mass is 169 g/mol. The number of likely N-dealkylation sites (tertiary alicyclic amines) is 1. The van der Waals surface area contributed by atoms with E-state index < -0.39 is 0 Å². The van der Waals surface area contributed by atoms with Gasteiger partial charge in [0.05, 0.1) is 12.6 Å². The predicted octanol–water partition coefficient (Wildman–Crippen LogP) is -0.0773. The minimum absolute atomic E-state index is 0.0528. The van der Waals surface area contributed by atoms with Crippen molar-refractivity contribution in [2.45, 2.75) is 31.9 Å². The van der Waals surface area contributed by atoms with E-state index in [-0.39, 0.29) is 24.0 Å². The Morgan fingerprint density at radius 3 is 2.33 bits per heavy atom. The maximum atomic E-state index is 11.2. The molecular formula is C8H11NO3. The molecule has 2 amide bonds. The quantitative estimate of drug-likeness (QED) is 0.429. The fraction of sp³-hybridized carbons (Fsp3) is 0.750. The van der Waals surface area contributed by atoms with Crippen molar-refractivity contribution in [3.05, 3.63) is 0 Å². The second-order valence-electron chi connectivity index (χ2n) is 3.27. The third-order valence-corrected chi connectivity index (χ3v) is 2.39. The molecule has 0 aromatic heterocycles. The molecule has 2 aliphatic heterocycles. The summed E-state index contributed by atoms with van der Waals surface area (Å²) in [6.07, 6.45) is 0.835. The fourth-order valence-electron chi connectivity index (χ4n) is 1.55. The largest absolute Gasteiger partial charge is 0.371 e. The van der Waals surface area contributed by atoms with Crippen molar-refractivity contribution in [2.24, 2.45) is 0 Å². The zero-order valence-corrected chi connectivity index (χ0v) is 6.95. The smallest absolute Gasteiger partial charge is 0.230 e. The lowest BCUT2D eigenvalue weighted by atomic mass is 10.2. The molecule has 0 spiro atoms. The zero-order valence-electron chi connectivity index (χ0n) is 6.95. The highest BCUT2D eigenvalue weighted by Crippen LogP contribution is 2.23. The number of ether oxygens (including phenoxy) is 1. The van der Waals surface area contributed by atoms with Crippen molar-refractivity contribution in [3.63, 3.8) is 0 Å². The molecule has 2 fully saturated rings. The molecule has 0 N–H and O–H groups in total. The number of hydrogen-bond donors (Lipinski definition) is 0. The number of hydrogen-bond acceptors (Lipinski definition) is 3. The van der Waals surface area contributed by atoms with Crippen LogP contribution >= 0.6 is 0 Å². The maximum Gasteiger partial charge on any atom is 0.230 e. The van der Waals surface area contributed by atoms with Crippen LogP contribution in [-0.4, -0.2) is 35.5 Å². The van der Waals surface area contributed by atoms with Crippen LogP contribution in [0.25, 0.3) is 0 Å². The van der Waals surface area contributed by atoms with Gasteiger partial charge in [0.25, 0.3) is 0 Å². The van der Waals surface area contributed by atoms with Gasteiger partial charge in [0.15, 0.2) is 0 Å². The van der Waals surface area contributed by atoms with Crippen molar-refractivity contribution >= 4 is 11.8 Å². The number of carbonyl (C=O) groups excluding carboxylic acids is 2. The van der Waals surface area contributed by atoms with Crippen molar-refractivity contribution in [3.8, 4) is 0 Å². The van der Waals surface area contributed by atoms with Crippen LogP contribution in [0.5, 0.6) is 0 Å². The van der Waals surface area contributed by atoms with Gasteiger partial charge in [0.1, 0.15) is 6.10 Å². The minimum Gasteiger partial charge on any atom is -0.371 e. The molecule has 0 aromatic carbocycles. The third kappa shape index (κ3) is 1.12. The molecule has 4 heteroatoms. The molecule has 2 heterocycles. The second kappa shape index (κ2) is 2.55. The number of epoxide rings is 1. The summed E-state index contributed by atoms with van der Waals surface area (Å²) in [7, 11) is 0. The molecule has 0 bridgehead atoms. The van der Waals surface area contributed by atoms with Crippen LogP contribution in [0.2, 0.25) is 0 Å². The summed E-state index contributed by atoms with van der Waals surface area (Å²) in [6, 6.07) is -0.0625. The van der Waals surface area contributed by atoms with E-state index in [4.69, 9.17) is 4.74 Å². The minimum atomic E-state index is -0.0625. The normalized spacial score (nSPS) is 31.1. The lowest BCUT2D eigenvalue weighted by molar-refractivity contribution is -0.141. The van der Waals surface area contributed by atoms with Gasteiger partial charge in [0.2, 0.25) is 11.8 Å². The molecule has 12 heavy (non-hydrogen) atoms. The molecule has 0 saturated carbocycles. The summed E-state index contributed by atoms with van der Waals surface area (Å²) in [6.45, 7) is 2.54. The molecule has 0 aromatic rings. The first-order valence-corrected chi connectivity index (χ1v) is 4.16. The summed E-state index contributed by atoms with van der Waals surface area (Å²) in [5.41, 5.74) is 0. The molecule has 0 radical (unpaired) electrons. The Labute approximate surface area is 70.5 Å². The Morgan fingerprint density at radius 1 is 1.42 bits per heavy atom. The summed E-state index contributed by atoms with van der Waals surface area (Å²) in [5, 5.41) is 0. The van der Waals surface area contributed by atoms with Gasteiger partial charge in [-0.1, -0.05) is 0 Å². The third-order valence-electron chi connectivity index (χ3n) is 2.39. The second-order valence-corrected chi connectivity index (χ2v) is 3.27. The van der Waals surface area contributed by atoms with Crippen molar-refractivity contribution < 1.29 is 14.3 Å². The lowest BCUT2D eigenvalue weighted by Crippen LogP contribution is -2.40. The van der Waals surface area contributed by atoms with Crippen molar-refractivity contribution in [2.75, 3.05) is 6.61 Å². The molecule has 4 nitrogen and oxygen atoms in total. The first-order valence-electron chi connectivity index (χ1n) is 4.16. The molecular weight excluding hydrogens is 158 g/mol. The highest BCUT2D eigenvalue weighted by atomic mass is 16.6. The van der Waals surface area contributed by atoms with Gasteiger partial charge in [-0.25, -0.2) is 0 Å². The molecule has 0 aliphatic carbocycles. The lowest BCUT2D eigenvalue weighted by Gasteiger charge is -2.20. The van der Waals surface area contributed by atoms with Crippen molar-refractivity contribution in [1.29, 1.82) is 0 Å². The van der Waals surface area contributed by atoms with Crippen molar-refractivity contribution in [1.82, 2.24) is 4.90 Å². The van der Waals surface area contributed by atoms with Crippen LogP contribution < -0.4 is 0 Å². The van der Waals surface area contributed by atoms with Crippen LogP contribution in [0, 0.1) is 0 Å². The van der Waals surface area contributed by atoms with Crippen LogP contribution in [-0.2, 0) is 14.3 Å². The van der Waals surface area contributed by atoms with E-state index in [1.807, 2.05) is 6.92 Å². The summed E-state index contributed by atoms with van der Waals surface area (Å²) in [4.78, 5) is 23.8. The molecule has 2 saturated heterocycles. The number of imide groups is 1. The topological polar surface area (TPSA) is 49.9 Å². The Balaban J connectivity index is 2.09. The highest BCUT2D eigenvalue weighted by Gasteiger charge is 2.41. The Morgan fingerprint density at radius 2 is 1.92 bits per heavy atom. The van der Waals surface area contributed by atoms with E-state index in [2.05, 4.69) is 0 Å². The summed E-state index contributed by atoms with van der Waals surface area (Å²) in [5.74, 6) is -0.106. The summed E-state index contributed by atoms with van der Waals surface area (Å²) >= 11 is 0. The van der Waals surface area contributed by atoms with Gasteiger partial charge in [-0.3, -0.25) is 14.5 Å². The average Bonchev–Trinajstić information content (AvgIpc) is 2.79. The van der Waals surface area contributed by atoms with Gasteiger partial charge in [0, 0.05) is 12.8 Å². The molecule has 2 rings (SSSR count). The van der Waals surface area contributed by atoms with E-state index in [9.17, 15) is 9.59 Å². The highest BCUT2D eigenvalue weighted by molar-refractivity contribution is 6.02. The number of carbonyl (C=O) groups is 2. The fourth-order valence-corrected chi connectivity index (χ4v) is 1.55. The van der Waals surface area contributed by atoms with Gasteiger partial charge < -0.3 is 4.74 Å². The van der Waals surface area contributed by atoms with E-state index in [1.54, 1.807) is 0 Å². The first-order chi connectivity index (χ1) is 5.70. The van der Waals surface area contributed by atoms with Gasteiger partial charge >= 0.3 is 0 Å². The molecule has 66 valence electrons. The van der Waals surface area contributed by atoms with Crippen LogP contribution in [0.4, 0.5) is 0 Å². The van der Waals surface area contributed by atoms with Gasteiger partial charge in [-0.2, -0.15) is 0 Å². The van der Waals surface area contributed by atoms with Crippen LogP contribution in [0.3, 0.4) is 0 Å². The van der Waals surface area contributed by atoms with E-state index >= 15 is 0 Å². The van der Waals surface area contributed by atoms with Gasteiger partial charge in [-0.15, -0.1) is 0 Å². The van der Waals surface area contributed by atoms with E-state index in [1.165, 1.54) is 4.90 Å². The molecule has 2 atom stereocenters. The summed E-state index contributed by atoms with van der Waals surface area (Å²) < 4.78 is 5.03. The average molecular weight is 169 g/mol. The van der Waals surface area contributed by atoms with E-state index in [0.29, 0.717) is 19.4 Å². The van der Waals surface area contributed by atoms with E-state index in [0.717, 1.165) is 0 Å². The number of nitrogens with zero attached hydrogens (tertiary/aromatic N) is 1. The predicted molar refractivity (Wildman–Crippen MR) is 40.3 cm³/mol. The van der Waals surface area contributed by atoms with Crippen LogP contribution in [0.15, 0.2) is 0 Å². The SMILES string of the molecule is CC(C1CO1)N1C(=O)CCC1=O. The van der Waals surface area contributed by atoms with Crippen LogP contribution in [0.1, 0.15) is 19.8 Å². The number of amides is 2. The number of rotatable bonds is 2. The standard InChI is InChI=1S/C8H11NO3/c1-5(6-4-12-6)9-7(10)2-3-8(9)11/h5-6H,2-4H2,1H3. The molecule has 2 aliphatic rings. The van der Waals surface area contributed by atoms with Gasteiger partial charge in [-0.05, 0) is 6.92 Å². The zero-order chi connectivity index (χ0) is 8.72. The first kappa shape index (κ1) is 7.73. The Hall–Kier alpha value is -0.900.